The van der Waals surface area contributed by atoms with Gasteiger partial charge in [0.15, 0.2) is 5.82 Å². The Balaban J connectivity index is 1.96. The number of likely N-dealkylation sites (tertiary alicyclic amines) is 1. The van der Waals surface area contributed by atoms with Gasteiger partial charge in [-0.3, -0.25) is 4.90 Å². The highest BCUT2D eigenvalue weighted by molar-refractivity contribution is 6.37. The van der Waals surface area contributed by atoms with Gasteiger partial charge in [0.05, 0.1) is 10.0 Å². The van der Waals surface area contributed by atoms with E-state index in [1.165, 1.54) is 32.4 Å². The number of nitrogens with two attached hydrogens (primary N) is 1. The van der Waals surface area contributed by atoms with E-state index in [4.69, 9.17) is 29.0 Å². The number of nitrogens with zero attached hydrogens (tertiary/aromatic N) is 2. The molecule has 112 valence electrons. The van der Waals surface area contributed by atoms with Gasteiger partial charge in [0, 0.05) is 12.6 Å². The number of hydrogen-bond acceptors (Lipinski definition) is 5. The Morgan fingerprint density at radius 2 is 1.90 bits per heavy atom. The van der Waals surface area contributed by atoms with Crippen molar-refractivity contribution >= 4 is 34.8 Å². The van der Waals surface area contributed by atoms with Crippen LogP contribution in [0.5, 0.6) is 0 Å². The number of halogens is 2. The third-order valence-electron chi connectivity index (χ3n) is 3.65. The summed E-state index contributed by atoms with van der Waals surface area (Å²) < 4.78 is 0. The van der Waals surface area contributed by atoms with Crippen molar-refractivity contribution in [3.63, 3.8) is 0 Å². The molecular formula is C13H21Cl2N5. The molecule has 0 aliphatic carbocycles. The van der Waals surface area contributed by atoms with Crippen molar-refractivity contribution in [2.24, 2.45) is 5.84 Å². The van der Waals surface area contributed by atoms with Gasteiger partial charge in [-0.15, -0.1) is 0 Å². The summed E-state index contributed by atoms with van der Waals surface area (Å²) in [5, 5.41) is 4.18. The Bertz CT molecular complexity index is 449. The first kappa shape index (κ1) is 15.6. The topological polar surface area (TPSA) is 66.2 Å². The largest absolute Gasteiger partial charge is 0.367 e. The zero-order chi connectivity index (χ0) is 14.5. The molecule has 1 atom stereocenters. The number of pyridine rings is 1. The first-order chi connectivity index (χ1) is 9.61. The monoisotopic (exact) mass is 317 g/mol. The van der Waals surface area contributed by atoms with Crippen LogP contribution >= 0.6 is 23.2 Å². The van der Waals surface area contributed by atoms with E-state index < -0.39 is 0 Å². The minimum Gasteiger partial charge on any atom is -0.367 e. The number of nitrogens with one attached hydrogen (secondary N) is 2. The molecule has 0 aromatic carbocycles. The summed E-state index contributed by atoms with van der Waals surface area (Å²) in [5.41, 5.74) is 2.46. The van der Waals surface area contributed by atoms with E-state index in [1.807, 2.05) is 0 Å². The Morgan fingerprint density at radius 1 is 1.25 bits per heavy atom. The van der Waals surface area contributed by atoms with Gasteiger partial charge in [0.25, 0.3) is 0 Å². The van der Waals surface area contributed by atoms with Crippen LogP contribution in [-0.2, 0) is 0 Å². The Kier molecular flexibility index (Phi) is 5.72. The van der Waals surface area contributed by atoms with Crippen molar-refractivity contribution in [2.75, 3.05) is 30.4 Å². The zero-order valence-corrected chi connectivity index (χ0v) is 13.1. The molecule has 1 fully saturated rings. The Hall–Kier alpha value is -0.750. The molecule has 5 nitrogen and oxygen atoms in total. The van der Waals surface area contributed by atoms with Crippen LogP contribution in [0.15, 0.2) is 6.07 Å². The predicted molar refractivity (Wildman–Crippen MR) is 85.4 cm³/mol. The summed E-state index contributed by atoms with van der Waals surface area (Å²) >= 11 is 12.1. The SMILES string of the molecule is CC(CNc1nc(NN)c(Cl)cc1Cl)N1CCCCC1. The number of rotatable bonds is 5. The molecule has 1 aromatic rings. The second kappa shape index (κ2) is 7.31. The second-order valence-corrected chi connectivity index (χ2v) is 5.93. The lowest BCUT2D eigenvalue weighted by molar-refractivity contribution is 0.180. The van der Waals surface area contributed by atoms with Gasteiger partial charge in [-0.2, -0.15) is 0 Å². The third-order valence-corrected chi connectivity index (χ3v) is 4.22. The van der Waals surface area contributed by atoms with Crippen LogP contribution in [0.3, 0.4) is 0 Å². The minimum absolute atomic E-state index is 0.409. The molecule has 4 N–H and O–H groups in total. The summed E-state index contributed by atoms with van der Waals surface area (Å²) in [7, 11) is 0. The van der Waals surface area contributed by atoms with Crippen LogP contribution in [0.2, 0.25) is 10.0 Å². The van der Waals surface area contributed by atoms with Gasteiger partial charge in [0.1, 0.15) is 5.82 Å². The van der Waals surface area contributed by atoms with Crippen molar-refractivity contribution in [1.82, 2.24) is 9.88 Å². The number of aromatic nitrogens is 1. The molecule has 20 heavy (non-hydrogen) atoms. The average Bonchev–Trinajstić information content (AvgIpc) is 2.47. The summed E-state index contributed by atoms with van der Waals surface area (Å²) in [6.07, 6.45) is 3.91. The van der Waals surface area contributed by atoms with Crippen LogP contribution in [0.1, 0.15) is 26.2 Å². The highest BCUT2D eigenvalue weighted by Gasteiger charge is 2.17. The summed E-state index contributed by atoms with van der Waals surface area (Å²) in [6.45, 7) is 5.34. The molecule has 1 aliphatic heterocycles. The number of nitrogen functional groups attached to an aromatic ring is 1. The van der Waals surface area contributed by atoms with Crippen LogP contribution in [-0.4, -0.2) is 35.6 Å². The highest BCUT2D eigenvalue weighted by atomic mass is 35.5. The maximum absolute atomic E-state index is 6.14. The van der Waals surface area contributed by atoms with E-state index in [1.54, 1.807) is 6.07 Å². The molecule has 0 spiro atoms. The normalized spacial score (nSPS) is 17.8. The fourth-order valence-corrected chi connectivity index (χ4v) is 2.90. The molecule has 2 heterocycles. The van der Waals surface area contributed by atoms with Gasteiger partial charge in [0.2, 0.25) is 0 Å². The maximum atomic E-state index is 6.14. The molecule has 0 radical (unpaired) electrons. The first-order valence-corrected chi connectivity index (χ1v) is 7.68. The van der Waals surface area contributed by atoms with Gasteiger partial charge >= 0.3 is 0 Å². The minimum atomic E-state index is 0.409. The van der Waals surface area contributed by atoms with E-state index in [0.29, 0.717) is 27.7 Å². The molecule has 1 saturated heterocycles. The lowest BCUT2D eigenvalue weighted by Crippen LogP contribution is -2.41. The molecule has 0 saturated carbocycles. The molecular weight excluding hydrogens is 297 g/mol. The smallest absolute Gasteiger partial charge is 0.161 e. The number of hydrogen-bond donors (Lipinski definition) is 3. The molecule has 1 unspecified atom stereocenters. The van der Waals surface area contributed by atoms with Gasteiger partial charge in [-0.05, 0) is 38.9 Å². The van der Waals surface area contributed by atoms with Crippen LogP contribution in [0, 0.1) is 0 Å². The quantitative estimate of drug-likeness (QED) is 0.575. The average molecular weight is 318 g/mol. The molecule has 7 heteroatoms. The van der Waals surface area contributed by atoms with E-state index in [-0.39, 0.29) is 0 Å². The van der Waals surface area contributed by atoms with E-state index in [2.05, 4.69) is 27.6 Å². The third kappa shape index (κ3) is 3.88. The summed E-state index contributed by atoms with van der Waals surface area (Å²) in [6, 6.07) is 2.08. The zero-order valence-electron chi connectivity index (χ0n) is 11.6. The van der Waals surface area contributed by atoms with Crippen molar-refractivity contribution < 1.29 is 0 Å². The van der Waals surface area contributed by atoms with E-state index >= 15 is 0 Å². The molecule has 1 aliphatic rings. The van der Waals surface area contributed by atoms with Crippen molar-refractivity contribution in [1.29, 1.82) is 0 Å². The summed E-state index contributed by atoms with van der Waals surface area (Å²) in [4.78, 5) is 6.77. The second-order valence-electron chi connectivity index (χ2n) is 5.12. The van der Waals surface area contributed by atoms with Crippen LogP contribution < -0.4 is 16.6 Å². The lowest BCUT2D eigenvalue weighted by atomic mass is 10.1. The van der Waals surface area contributed by atoms with Gasteiger partial charge in [-0.25, -0.2) is 10.8 Å². The Morgan fingerprint density at radius 3 is 2.55 bits per heavy atom. The maximum Gasteiger partial charge on any atom is 0.161 e. The highest BCUT2D eigenvalue weighted by Crippen LogP contribution is 2.28. The van der Waals surface area contributed by atoms with Crippen LogP contribution in [0.4, 0.5) is 11.6 Å². The summed E-state index contributed by atoms with van der Waals surface area (Å²) in [5.74, 6) is 6.39. The van der Waals surface area contributed by atoms with E-state index in [9.17, 15) is 0 Å². The van der Waals surface area contributed by atoms with Crippen molar-refractivity contribution in [3.8, 4) is 0 Å². The molecule has 0 amide bonds. The number of piperidine rings is 1. The molecule has 1 aromatic heterocycles. The fourth-order valence-electron chi connectivity index (χ4n) is 2.42. The molecule has 0 bridgehead atoms. The number of hydrazine groups is 1. The standard InChI is InChI=1S/C13H21Cl2N5/c1-9(20-5-3-2-4-6-20)8-17-12-10(14)7-11(15)13(18-12)19-16/h7,9H,2-6,8,16H2,1H3,(H2,17,18,19). The van der Waals surface area contributed by atoms with Crippen molar-refractivity contribution in [3.05, 3.63) is 16.1 Å². The Labute approximate surface area is 129 Å². The van der Waals surface area contributed by atoms with E-state index in [0.717, 1.165) is 6.54 Å². The predicted octanol–water partition coefficient (Wildman–Crippen LogP) is 2.96. The van der Waals surface area contributed by atoms with Gasteiger partial charge in [-0.1, -0.05) is 29.6 Å². The van der Waals surface area contributed by atoms with Gasteiger partial charge < -0.3 is 10.7 Å². The number of anilines is 2. The molecule has 2 rings (SSSR count). The van der Waals surface area contributed by atoms with Crippen molar-refractivity contribution in [2.45, 2.75) is 32.2 Å². The lowest BCUT2D eigenvalue weighted by Gasteiger charge is -2.32. The first-order valence-electron chi connectivity index (χ1n) is 6.92. The fraction of sp³-hybridized carbons (Fsp3) is 0.615. The van der Waals surface area contributed by atoms with Crippen LogP contribution in [0.25, 0.3) is 0 Å².